The van der Waals surface area contributed by atoms with E-state index < -0.39 is 0 Å². The highest BCUT2D eigenvalue weighted by Crippen LogP contribution is 2.26. The number of nitrogens with two attached hydrogens (primary N) is 2. The molecule has 0 spiro atoms. The summed E-state index contributed by atoms with van der Waals surface area (Å²) in [6.07, 6.45) is 1.60. The number of carbonyl (C=O) groups excluding carboxylic acids is 1. The largest absolute Gasteiger partial charge is 0.457 e. The van der Waals surface area contributed by atoms with Crippen LogP contribution in [0.2, 0.25) is 0 Å². The smallest absolute Gasteiger partial charge is 0.267 e. The van der Waals surface area contributed by atoms with Gasteiger partial charge in [0, 0.05) is 29.6 Å². The van der Waals surface area contributed by atoms with Gasteiger partial charge in [0.05, 0.1) is 0 Å². The van der Waals surface area contributed by atoms with Crippen molar-refractivity contribution in [3.8, 4) is 11.5 Å². The van der Waals surface area contributed by atoms with Crippen molar-refractivity contribution in [3.63, 3.8) is 0 Å². The fraction of sp³-hybridized carbons (Fsp3) is 0.250. The zero-order valence-electron chi connectivity index (χ0n) is 14.9. The summed E-state index contributed by atoms with van der Waals surface area (Å²) in [6.45, 7) is 0.985. The zero-order chi connectivity index (χ0) is 19.2. The van der Waals surface area contributed by atoms with Crippen LogP contribution in [0.15, 0.2) is 48.5 Å². The van der Waals surface area contributed by atoms with Crippen LogP contribution < -0.4 is 21.5 Å². The second-order valence-corrected chi connectivity index (χ2v) is 6.39. The van der Waals surface area contributed by atoms with Crippen LogP contribution in [0.4, 0.5) is 4.39 Å². The lowest BCUT2D eigenvalue weighted by molar-refractivity contribution is 0.0946. The number of amides is 1. The predicted molar refractivity (Wildman–Crippen MR) is 103 cm³/mol. The third kappa shape index (κ3) is 5.06. The van der Waals surface area contributed by atoms with Gasteiger partial charge in [-0.2, -0.15) is 0 Å². The van der Waals surface area contributed by atoms with E-state index in [1.165, 1.54) is 12.1 Å². The number of hydrogen-bond acceptors (Lipinski definition) is 4. The quantitative estimate of drug-likeness (QED) is 0.489. The average molecular weight is 370 g/mol. The maximum atomic E-state index is 13.0. The van der Waals surface area contributed by atoms with Crippen LogP contribution >= 0.6 is 0 Å². The van der Waals surface area contributed by atoms with E-state index in [1.807, 2.05) is 6.07 Å². The SMILES string of the molecule is NCCCC(N)CNC(=O)c1cc2ccc(Oc3ccc(F)cc3)cc2[nH]1. The minimum atomic E-state index is -0.319. The lowest BCUT2D eigenvalue weighted by Crippen LogP contribution is -2.37. The number of ether oxygens (including phenoxy) is 1. The number of aromatic nitrogens is 1. The van der Waals surface area contributed by atoms with E-state index in [0.717, 1.165) is 23.7 Å². The Labute approximate surface area is 156 Å². The van der Waals surface area contributed by atoms with Crippen molar-refractivity contribution in [2.45, 2.75) is 18.9 Å². The molecular weight excluding hydrogens is 347 g/mol. The Balaban J connectivity index is 1.66. The number of aromatic amines is 1. The molecular formula is C20H23FN4O2. The number of carbonyl (C=O) groups is 1. The molecule has 0 saturated carbocycles. The molecule has 1 aromatic heterocycles. The molecule has 1 atom stereocenters. The van der Waals surface area contributed by atoms with Crippen LogP contribution in [0.3, 0.4) is 0 Å². The van der Waals surface area contributed by atoms with E-state index in [2.05, 4.69) is 10.3 Å². The standard InChI is InChI=1S/C20H23FN4O2/c21-14-4-7-16(8-5-14)27-17-6-3-13-10-19(25-18(13)11-17)20(26)24-12-15(23)2-1-9-22/h3-8,10-11,15,25H,1-2,9,12,22-23H2,(H,24,26). The summed E-state index contributed by atoms with van der Waals surface area (Å²) in [4.78, 5) is 15.4. The van der Waals surface area contributed by atoms with E-state index in [0.29, 0.717) is 30.3 Å². The van der Waals surface area contributed by atoms with Gasteiger partial charge in [0.1, 0.15) is 23.0 Å². The third-order valence-electron chi connectivity index (χ3n) is 4.19. The van der Waals surface area contributed by atoms with Gasteiger partial charge < -0.3 is 26.5 Å². The minimum absolute atomic E-state index is 0.113. The molecule has 0 fully saturated rings. The topological polar surface area (TPSA) is 106 Å². The highest BCUT2D eigenvalue weighted by Gasteiger charge is 2.11. The van der Waals surface area contributed by atoms with Crippen molar-refractivity contribution in [2.24, 2.45) is 11.5 Å². The first-order chi connectivity index (χ1) is 13.0. The summed E-state index contributed by atoms with van der Waals surface area (Å²) in [5.41, 5.74) is 12.6. The van der Waals surface area contributed by atoms with Crippen molar-refractivity contribution >= 4 is 16.8 Å². The Morgan fingerprint density at radius 3 is 2.63 bits per heavy atom. The molecule has 6 nitrogen and oxygen atoms in total. The van der Waals surface area contributed by atoms with Gasteiger partial charge in [-0.15, -0.1) is 0 Å². The van der Waals surface area contributed by atoms with Gasteiger partial charge in [-0.25, -0.2) is 4.39 Å². The van der Waals surface area contributed by atoms with Crippen molar-refractivity contribution < 1.29 is 13.9 Å². The predicted octanol–water partition coefficient (Wildman–Crippen LogP) is 2.90. The number of halogens is 1. The van der Waals surface area contributed by atoms with Crippen molar-refractivity contribution in [3.05, 3.63) is 60.0 Å². The van der Waals surface area contributed by atoms with Gasteiger partial charge in [0.15, 0.2) is 0 Å². The van der Waals surface area contributed by atoms with Gasteiger partial charge in [-0.1, -0.05) is 0 Å². The van der Waals surface area contributed by atoms with Crippen molar-refractivity contribution in [2.75, 3.05) is 13.1 Å². The van der Waals surface area contributed by atoms with E-state index in [4.69, 9.17) is 16.2 Å². The molecule has 27 heavy (non-hydrogen) atoms. The Bertz CT molecular complexity index is 908. The highest BCUT2D eigenvalue weighted by molar-refractivity contribution is 5.98. The molecule has 142 valence electrons. The minimum Gasteiger partial charge on any atom is -0.457 e. The van der Waals surface area contributed by atoms with Crippen LogP contribution in [0.1, 0.15) is 23.3 Å². The van der Waals surface area contributed by atoms with Crippen LogP contribution in [0.25, 0.3) is 10.9 Å². The number of benzene rings is 2. The summed E-state index contributed by atoms with van der Waals surface area (Å²) < 4.78 is 18.7. The van der Waals surface area contributed by atoms with Gasteiger partial charge in [0.25, 0.3) is 5.91 Å². The number of rotatable bonds is 8. The molecule has 2 aromatic carbocycles. The molecule has 0 aliphatic rings. The number of fused-ring (bicyclic) bond motifs is 1. The van der Waals surface area contributed by atoms with Crippen molar-refractivity contribution in [1.29, 1.82) is 0 Å². The molecule has 0 bridgehead atoms. The van der Waals surface area contributed by atoms with Gasteiger partial charge in [-0.3, -0.25) is 4.79 Å². The number of hydrogen-bond donors (Lipinski definition) is 4. The molecule has 0 aliphatic heterocycles. The fourth-order valence-corrected chi connectivity index (χ4v) is 2.73. The first-order valence-corrected chi connectivity index (χ1v) is 8.85. The van der Waals surface area contributed by atoms with Crippen LogP contribution in [-0.4, -0.2) is 30.0 Å². The molecule has 7 heteroatoms. The number of H-pyrrole nitrogens is 1. The molecule has 1 amide bonds. The van der Waals surface area contributed by atoms with Gasteiger partial charge in [-0.05, 0) is 61.9 Å². The first kappa shape index (κ1) is 18.9. The summed E-state index contributed by atoms with van der Waals surface area (Å²) in [7, 11) is 0. The zero-order valence-corrected chi connectivity index (χ0v) is 14.9. The summed E-state index contributed by atoms with van der Waals surface area (Å²) in [5.74, 6) is 0.592. The average Bonchev–Trinajstić information content (AvgIpc) is 3.09. The lowest BCUT2D eigenvalue weighted by Gasteiger charge is -2.11. The normalized spacial score (nSPS) is 12.1. The lowest BCUT2D eigenvalue weighted by atomic mass is 10.1. The molecule has 1 heterocycles. The fourth-order valence-electron chi connectivity index (χ4n) is 2.73. The van der Waals surface area contributed by atoms with Crippen molar-refractivity contribution in [1.82, 2.24) is 10.3 Å². The Kier molecular flexibility index (Phi) is 6.05. The Hall–Kier alpha value is -2.90. The highest BCUT2D eigenvalue weighted by atomic mass is 19.1. The third-order valence-corrected chi connectivity index (χ3v) is 4.19. The van der Waals surface area contributed by atoms with Crippen LogP contribution in [-0.2, 0) is 0 Å². The van der Waals surface area contributed by atoms with E-state index >= 15 is 0 Å². The maximum absolute atomic E-state index is 13.0. The Morgan fingerprint density at radius 2 is 1.89 bits per heavy atom. The van der Waals surface area contributed by atoms with E-state index in [-0.39, 0.29) is 17.8 Å². The Morgan fingerprint density at radius 1 is 1.15 bits per heavy atom. The van der Waals surface area contributed by atoms with Gasteiger partial charge in [0.2, 0.25) is 0 Å². The van der Waals surface area contributed by atoms with E-state index in [9.17, 15) is 9.18 Å². The first-order valence-electron chi connectivity index (χ1n) is 8.85. The molecule has 1 unspecified atom stereocenters. The van der Waals surface area contributed by atoms with E-state index in [1.54, 1.807) is 30.3 Å². The summed E-state index contributed by atoms with van der Waals surface area (Å²) in [6, 6.07) is 12.9. The monoisotopic (exact) mass is 370 g/mol. The molecule has 6 N–H and O–H groups in total. The maximum Gasteiger partial charge on any atom is 0.267 e. The van der Waals surface area contributed by atoms with Crippen LogP contribution in [0, 0.1) is 5.82 Å². The van der Waals surface area contributed by atoms with Crippen LogP contribution in [0.5, 0.6) is 11.5 Å². The summed E-state index contributed by atoms with van der Waals surface area (Å²) in [5, 5.41) is 3.71. The molecule has 0 aliphatic carbocycles. The number of nitrogens with one attached hydrogen (secondary N) is 2. The molecule has 0 radical (unpaired) electrons. The molecule has 3 aromatic rings. The second-order valence-electron chi connectivity index (χ2n) is 6.39. The molecule has 0 saturated heterocycles. The second kappa shape index (κ2) is 8.66. The van der Waals surface area contributed by atoms with Gasteiger partial charge >= 0.3 is 0 Å². The molecule has 3 rings (SSSR count). The summed E-state index contributed by atoms with van der Waals surface area (Å²) >= 11 is 0.